The van der Waals surface area contributed by atoms with Crippen LogP contribution in [0.2, 0.25) is 0 Å². The first-order valence-electron chi connectivity index (χ1n) is 10.1. The SMILES string of the molecule is C[C@@H]1CC2C3CCC4=CC(=O)C=CC4(C)C3(F)[C@@H](O)CC2(C)C1(O)C(=O)CO. The second-order valence-corrected chi connectivity index (χ2v) is 9.75. The number of Topliss-reactive ketones (excluding diaryl/α,β-unsaturated/α-hetero) is 1. The van der Waals surface area contributed by atoms with Crippen LogP contribution in [0.25, 0.3) is 0 Å². The molecular formula is C22H29FO5. The van der Waals surface area contributed by atoms with Gasteiger partial charge in [-0.1, -0.05) is 25.5 Å². The van der Waals surface area contributed by atoms with E-state index in [1.165, 1.54) is 12.2 Å². The number of fused-ring (bicyclic) bond motifs is 5. The number of alkyl halides is 1. The number of allylic oxidation sites excluding steroid dienone is 4. The number of carbonyl (C=O) groups is 2. The fourth-order valence-electron chi connectivity index (χ4n) is 7.26. The zero-order valence-electron chi connectivity index (χ0n) is 16.6. The van der Waals surface area contributed by atoms with Gasteiger partial charge in [-0.15, -0.1) is 0 Å². The van der Waals surface area contributed by atoms with Crippen LogP contribution in [0.5, 0.6) is 0 Å². The number of hydrogen-bond acceptors (Lipinski definition) is 5. The minimum Gasteiger partial charge on any atom is -0.390 e. The van der Waals surface area contributed by atoms with E-state index in [4.69, 9.17) is 0 Å². The van der Waals surface area contributed by atoms with Gasteiger partial charge in [-0.2, -0.15) is 0 Å². The zero-order chi connectivity index (χ0) is 20.7. The molecular weight excluding hydrogens is 363 g/mol. The molecule has 0 aliphatic heterocycles. The molecule has 4 rings (SSSR count). The molecule has 0 aromatic rings. The smallest absolute Gasteiger partial charge is 0.190 e. The molecule has 3 N–H and O–H groups in total. The Morgan fingerprint density at radius 2 is 2.00 bits per heavy atom. The summed E-state index contributed by atoms with van der Waals surface area (Å²) in [6.45, 7) is 4.48. The van der Waals surface area contributed by atoms with Crippen molar-refractivity contribution in [1.29, 1.82) is 0 Å². The summed E-state index contributed by atoms with van der Waals surface area (Å²) in [4.78, 5) is 24.4. The van der Waals surface area contributed by atoms with Crippen molar-refractivity contribution in [3.05, 3.63) is 23.8 Å². The summed E-state index contributed by atoms with van der Waals surface area (Å²) < 4.78 is 16.9. The normalized spacial score (nSPS) is 52.5. The Kier molecular flexibility index (Phi) is 4.15. The largest absolute Gasteiger partial charge is 0.390 e. The van der Waals surface area contributed by atoms with E-state index < -0.39 is 52.4 Å². The first kappa shape index (κ1) is 19.9. The maximum Gasteiger partial charge on any atom is 0.190 e. The molecule has 6 heteroatoms. The number of aliphatic hydroxyl groups excluding tert-OH is 2. The van der Waals surface area contributed by atoms with Gasteiger partial charge in [-0.3, -0.25) is 9.59 Å². The number of aliphatic hydroxyl groups is 3. The van der Waals surface area contributed by atoms with Crippen molar-refractivity contribution < 1.29 is 29.3 Å². The van der Waals surface area contributed by atoms with Crippen LogP contribution >= 0.6 is 0 Å². The molecule has 0 radical (unpaired) electrons. The highest BCUT2D eigenvalue weighted by atomic mass is 19.1. The molecule has 3 saturated carbocycles. The molecule has 0 saturated heterocycles. The van der Waals surface area contributed by atoms with Gasteiger partial charge in [0.05, 0.1) is 6.10 Å². The van der Waals surface area contributed by atoms with E-state index >= 15 is 4.39 Å². The number of carbonyl (C=O) groups excluding carboxylic acids is 2. The maximum atomic E-state index is 16.9. The molecule has 4 aliphatic rings. The minimum atomic E-state index is -1.98. The number of rotatable bonds is 2. The van der Waals surface area contributed by atoms with Crippen LogP contribution in [0.1, 0.15) is 46.5 Å². The monoisotopic (exact) mass is 392 g/mol. The van der Waals surface area contributed by atoms with Crippen LogP contribution in [0, 0.1) is 28.6 Å². The summed E-state index contributed by atoms with van der Waals surface area (Å²) >= 11 is 0. The summed E-state index contributed by atoms with van der Waals surface area (Å²) in [6, 6.07) is 0. The van der Waals surface area contributed by atoms with Crippen molar-refractivity contribution in [2.45, 2.75) is 63.8 Å². The van der Waals surface area contributed by atoms with E-state index in [9.17, 15) is 24.9 Å². The third kappa shape index (κ3) is 2.01. The molecule has 0 heterocycles. The lowest BCUT2D eigenvalue weighted by Gasteiger charge is -2.62. The predicted octanol–water partition coefficient (Wildman–Crippen LogP) is 1.90. The Bertz CT molecular complexity index is 805. The molecule has 0 spiro atoms. The Morgan fingerprint density at radius 1 is 1.32 bits per heavy atom. The van der Waals surface area contributed by atoms with E-state index in [2.05, 4.69) is 0 Å². The Hall–Kier alpha value is -1.37. The van der Waals surface area contributed by atoms with Crippen LogP contribution in [0.4, 0.5) is 4.39 Å². The average molecular weight is 392 g/mol. The van der Waals surface area contributed by atoms with E-state index in [-0.39, 0.29) is 18.1 Å². The van der Waals surface area contributed by atoms with Crippen molar-refractivity contribution in [3.8, 4) is 0 Å². The first-order valence-corrected chi connectivity index (χ1v) is 10.1. The molecule has 0 amide bonds. The van der Waals surface area contributed by atoms with Gasteiger partial charge >= 0.3 is 0 Å². The molecule has 4 aliphatic carbocycles. The van der Waals surface area contributed by atoms with Crippen molar-refractivity contribution in [3.63, 3.8) is 0 Å². The molecule has 3 fully saturated rings. The average Bonchev–Trinajstić information content (AvgIpc) is 2.84. The Labute approximate surface area is 164 Å². The lowest BCUT2D eigenvalue weighted by molar-refractivity contribution is -0.219. The van der Waals surface area contributed by atoms with Crippen molar-refractivity contribution in [1.82, 2.24) is 0 Å². The van der Waals surface area contributed by atoms with Gasteiger partial charge in [0, 0.05) is 16.7 Å². The quantitative estimate of drug-likeness (QED) is 0.667. The molecule has 5 nitrogen and oxygen atoms in total. The Balaban J connectivity index is 1.84. The van der Waals surface area contributed by atoms with Crippen LogP contribution in [-0.4, -0.2) is 50.9 Å². The fourth-order valence-corrected chi connectivity index (χ4v) is 7.26. The molecule has 0 bridgehead atoms. The highest BCUT2D eigenvalue weighted by Gasteiger charge is 2.75. The summed E-state index contributed by atoms with van der Waals surface area (Å²) in [7, 11) is 0. The minimum absolute atomic E-state index is 0.0676. The zero-order valence-corrected chi connectivity index (χ0v) is 16.6. The molecule has 28 heavy (non-hydrogen) atoms. The van der Waals surface area contributed by atoms with Crippen molar-refractivity contribution in [2.75, 3.05) is 6.61 Å². The predicted molar refractivity (Wildman–Crippen MR) is 99.9 cm³/mol. The number of halogens is 1. The van der Waals surface area contributed by atoms with E-state index in [1.807, 2.05) is 0 Å². The Morgan fingerprint density at radius 3 is 2.64 bits per heavy atom. The molecule has 8 atom stereocenters. The lowest BCUT2D eigenvalue weighted by Crippen LogP contribution is -2.69. The molecule has 0 aromatic carbocycles. The van der Waals surface area contributed by atoms with E-state index in [0.717, 1.165) is 0 Å². The maximum absolute atomic E-state index is 16.9. The topological polar surface area (TPSA) is 94.8 Å². The van der Waals surface area contributed by atoms with Crippen LogP contribution in [0.15, 0.2) is 23.8 Å². The van der Waals surface area contributed by atoms with Crippen molar-refractivity contribution in [2.24, 2.45) is 28.6 Å². The second-order valence-electron chi connectivity index (χ2n) is 9.75. The summed E-state index contributed by atoms with van der Waals surface area (Å²) in [5.74, 6) is -2.12. The van der Waals surface area contributed by atoms with Gasteiger partial charge in [-0.25, -0.2) is 4.39 Å². The van der Waals surface area contributed by atoms with Gasteiger partial charge in [0.2, 0.25) is 0 Å². The first-order chi connectivity index (χ1) is 13.0. The lowest BCUT2D eigenvalue weighted by atomic mass is 9.44. The van der Waals surface area contributed by atoms with Gasteiger partial charge in [0.15, 0.2) is 17.2 Å². The van der Waals surface area contributed by atoms with Gasteiger partial charge in [-0.05, 0) is 56.6 Å². The van der Waals surface area contributed by atoms with Crippen molar-refractivity contribution >= 4 is 11.6 Å². The summed E-state index contributed by atoms with van der Waals surface area (Å²) in [6.07, 6.45) is 4.44. The molecule has 6 unspecified atom stereocenters. The summed E-state index contributed by atoms with van der Waals surface area (Å²) in [5, 5.41) is 32.0. The van der Waals surface area contributed by atoms with Crippen LogP contribution in [-0.2, 0) is 9.59 Å². The van der Waals surface area contributed by atoms with Gasteiger partial charge < -0.3 is 15.3 Å². The summed E-state index contributed by atoms with van der Waals surface area (Å²) in [5.41, 5.74) is -5.17. The number of ketones is 2. The molecule has 154 valence electrons. The second kappa shape index (κ2) is 5.83. The van der Waals surface area contributed by atoms with Gasteiger partial charge in [0.1, 0.15) is 12.2 Å². The third-order valence-electron chi connectivity index (χ3n) is 8.79. The fraction of sp³-hybridized carbons (Fsp3) is 0.727. The number of hydrogen-bond donors (Lipinski definition) is 3. The highest BCUT2D eigenvalue weighted by molar-refractivity contribution is 6.01. The third-order valence-corrected chi connectivity index (χ3v) is 8.79. The van der Waals surface area contributed by atoms with E-state index in [1.54, 1.807) is 26.8 Å². The van der Waals surface area contributed by atoms with Gasteiger partial charge in [0.25, 0.3) is 0 Å². The highest BCUT2D eigenvalue weighted by Crippen LogP contribution is 2.70. The van der Waals surface area contributed by atoms with E-state index in [0.29, 0.717) is 24.8 Å². The molecule has 0 aromatic heterocycles. The van der Waals surface area contributed by atoms with Crippen LogP contribution < -0.4 is 0 Å². The standard InChI is InChI=1S/C22H29FO5/c1-12-8-16-15-5-4-13-9-14(25)6-7-19(13,2)21(15,23)17(26)10-20(16,3)22(12,28)18(27)11-24/h6-7,9,12,15-17,24,26,28H,4-5,8,10-11H2,1-3H3/t12-,15?,16?,17+,19?,20?,21?,22?/m1/s1. The van der Waals surface area contributed by atoms with Crippen LogP contribution in [0.3, 0.4) is 0 Å².